The molecule has 0 radical (unpaired) electrons. The van der Waals surface area contributed by atoms with E-state index < -0.39 is 15.8 Å². The number of hydrogen-bond donors (Lipinski definition) is 2. The molecule has 0 aromatic heterocycles. The van der Waals surface area contributed by atoms with E-state index >= 15 is 0 Å². The van der Waals surface area contributed by atoms with Gasteiger partial charge in [0.15, 0.2) is 0 Å². The van der Waals surface area contributed by atoms with E-state index in [1.54, 1.807) is 12.1 Å². The highest BCUT2D eigenvalue weighted by Gasteiger charge is 2.19. The fourth-order valence-corrected chi connectivity index (χ4v) is 3.49. The van der Waals surface area contributed by atoms with E-state index in [4.69, 9.17) is 5.73 Å². The maximum absolute atomic E-state index is 13.3. The summed E-state index contributed by atoms with van der Waals surface area (Å²) in [4.78, 5) is -0.171. The molecule has 7 heteroatoms. The molecular formula is C14H14BrFN2O2S. The number of rotatable bonds is 4. The smallest absolute Gasteiger partial charge is 0.263 e. The SMILES string of the molecule is CCc1ccc(NS(=O)(=O)c2cc(Br)c(F)cc2N)cc1. The minimum Gasteiger partial charge on any atom is -0.398 e. The lowest BCUT2D eigenvalue weighted by Gasteiger charge is -2.11. The number of nitrogens with two attached hydrogens (primary N) is 1. The molecule has 0 saturated heterocycles. The van der Waals surface area contributed by atoms with Crippen molar-refractivity contribution in [3.05, 3.63) is 52.3 Å². The summed E-state index contributed by atoms with van der Waals surface area (Å²) in [6, 6.07) is 9.13. The largest absolute Gasteiger partial charge is 0.398 e. The summed E-state index contributed by atoms with van der Waals surface area (Å²) in [6.45, 7) is 2.01. The first-order valence-corrected chi connectivity index (χ1v) is 8.47. The lowest BCUT2D eigenvalue weighted by molar-refractivity contribution is 0.599. The van der Waals surface area contributed by atoms with Crippen molar-refractivity contribution < 1.29 is 12.8 Å². The summed E-state index contributed by atoms with van der Waals surface area (Å²) >= 11 is 2.95. The first-order chi connectivity index (χ1) is 9.83. The van der Waals surface area contributed by atoms with E-state index in [0.717, 1.165) is 24.1 Å². The van der Waals surface area contributed by atoms with Crippen LogP contribution in [-0.2, 0) is 16.4 Å². The Morgan fingerprint density at radius 2 is 1.86 bits per heavy atom. The number of benzene rings is 2. The summed E-state index contributed by atoms with van der Waals surface area (Å²) in [5.74, 6) is -0.612. The first-order valence-electron chi connectivity index (χ1n) is 6.19. The Balaban J connectivity index is 2.35. The van der Waals surface area contributed by atoms with E-state index in [2.05, 4.69) is 20.7 Å². The number of hydrogen-bond acceptors (Lipinski definition) is 3. The van der Waals surface area contributed by atoms with Gasteiger partial charge in [0.25, 0.3) is 10.0 Å². The third kappa shape index (κ3) is 3.54. The zero-order valence-electron chi connectivity index (χ0n) is 11.2. The molecule has 4 nitrogen and oxygen atoms in total. The number of anilines is 2. The average Bonchev–Trinajstić information content (AvgIpc) is 2.43. The Hall–Kier alpha value is -1.60. The summed E-state index contributed by atoms with van der Waals surface area (Å²) in [5, 5.41) is 0. The lowest BCUT2D eigenvalue weighted by atomic mass is 10.2. The molecule has 21 heavy (non-hydrogen) atoms. The van der Waals surface area contributed by atoms with Crippen LogP contribution in [0, 0.1) is 5.82 Å². The standard InChI is InChI=1S/C14H14BrFN2O2S/c1-2-9-3-5-10(6-4-9)18-21(19,20)14-7-11(15)12(16)8-13(14)17/h3-8,18H,2,17H2,1H3. The van der Waals surface area contributed by atoms with Crippen molar-refractivity contribution in [2.24, 2.45) is 0 Å². The molecule has 0 heterocycles. The highest BCUT2D eigenvalue weighted by Crippen LogP contribution is 2.27. The Morgan fingerprint density at radius 3 is 2.43 bits per heavy atom. The maximum atomic E-state index is 13.3. The molecule has 0 aliphatic carbocycles. The first kappa shape index (κ1) is 15.8. The lowest BCUT2D eigenvalue weighted by Crippen LogP contribution is -2.15. The van der Waals surface area contributed by atoms with E-state index in [9.17, 15) is 12.8 Å². The van der Waals surface area contributed by atoms with E-state index in [1.165, 1.54) is 0 Å². The Morgan fingerprint density at radius 1 is 1.24 bits per heavy atom. The fourth-order valence-electron chi connectivity index (χ4n) is 1.80. The molecule has 0 fully saturated rings. The van der Waals surface area contributed by atoms with Gasteiger partial charge in [0.05, 0.1) is 10.2 Å². The highest BCUT2D eigenvalue weighted by atomic mass is 79.9. The van der Waals surface area contributed by atoms with Crippen LogP contribution in [-0.4, -0.2) is 8.42 Å². The van der Waals surface area contributed by atoms with Crippen LogP contribution in [0.25, 0.3) is 0 Å². The molecule has 2 rings (SSSR count). The predicted molar refractivity (Wildman–Crippen MR) is 85.1 cm³/mol. The molecule has 3 N–H and O–H groups in total. The van der Waals surface area contributed by atoms with E-state index in [0.29, 0.717) is 5.69 Å². The topological polar surface area (TPSA) is 72.2 Å². The van der Waals surface area contributed by atoms with Crippen molar-refractivity contribution in [2.75, 3.05) is 10.5 Å². The zero-order chi connectivity index (χ0) is 15.6. The van der Waals surface area contributed by atoms with E-state index in [1.807, 2.05) is 19.1 Å². The third-order valence-electron chi connectivity index (χ3n) is 2.96. The number of nitrogens with one attached hydrogen (secondary N) is 1. The average molecular weight is 373 g/mol. The van der Waals surface area contributed by atoms with Gasteiger partial charge >= 0.3 is 0 Å². The van der Waals surface area contributed by atoms with E-state index in [-0.39, 0.29) is 15.1 Å². The molecule has 2 aromatic carbocycles. The van der Waals surface area contributed by atoms with Crippen molar-refractivity contribution in [3.63, 3.8) is 0 Å². The van der Waals surface area contributed by atoms with Gasteiger partial charge in [-0.15, -0.1) is 0 Å². The van der Waals surface area contributed by atoms with Gasteiger partial charge in [-0.2, -0.15) is 0 Å². The van der Waals surface area contributed by atoms with Gasteiger partial charge in [0.2, 0.25) is 0 Å². The quantitative estimate of drug-likeness (QED) is 0.806. The number of aryl methyl sites for hydroxylation is 1. The van der Waals surface area contributed by atoms with Crippen LogP contribution in [0.2, 0.25) is 0 Å². The van der Waals surface area contributed by atoms with Crippen LogP contribution in [0.15, 0.2) is 45.8 Å². The zero-order valence-corrected chi connectivity index (χ0v) is 13.6. The molecule has 0 saturated carbocycles. The second kappa shape index (κ2) is 6.03. The molecule has 0 aliphatic heterocycles. The Bertz CT molecular complexity index is 761. The van der Waals surface area contributed by atoms with Crippen molar-refractivity contribution in [1.29, 1.82) is 0 Å². The van der Waals surface area contributed by atoms with Crippen LogP contribution in [0.5, 0.6) is 0 Å². The predicted octanol–water partition coefficient (Wildman–Crippen LogP) is 3.53. The van der Waals surface area contributed by atoms with Crippen LogP contribution in [0.3, 0.4) is 0 Å². The minimum absolute atomic E-state index is 0.0402. The van der Waals surface area contributed by atoms with Crippen LogP contribution >= 0.6 is 15.9 Å². The summed E-state index contributed by atoms with van der Waals surface area (Å²) in [7, 11) is -3.87. The summed E-state index contributed by atoms with van der Waals surface area (Å²) in [6.07, 6.45) is 0.866. The van der Waals surface area contributed by atoms with Crippen LogP contribution in [0.4, 0.5) is 15.8 Å². The van der Waals surface area contributed by atoms with Crippen LogP contribution < -0.4 is 10.5 Å². The summed E-state index contributed by atoms with van der Waals surface area (Å²) < 4.78 is 40.4. The third-order valence-corrected chi connectivity index (χ3v) is 5.00. The molecule has 112 valence electrons. The molecule has 2 aromatic rings. The van der Waals surface area contributed by atoms with Gasteiger partial charge in [-0.25, -0.2) is 12.8 Å². The molecule has 0 bridgehead atoms. The van der Waals surface area contributed by atoms with Gasteiger partial charge in [0.1, 0.15) is 10.7 Å². The molecule has 0 unspecified atom stereocenters. The second-order valence-electron chi connectivity index (χ2n) is 4.46. The van der Waals surface area contributed by atoms with Gasteiger partial charge in [0, 0.05) is 5.69 Å². The second-order valence-corrected chi connectivity index (χ2v) is 6.97. The van der Waals surface area contributed by atoms with Gasteiger partial charge in [-0.3, -0.25) is 4.72 Å². The number of sulfonamides is 1. The molecule has 0 spiro atoms. The Kier molecular flexibility index (Phi) is 4.53. The van der Waals surface area contributed by atoms with Crippen LogP contribution in [0.1, 0.15) is 12.5 Å². The highest BCUT2D eigenvalue weighted by molar-refractivity contribution is 9.10. The molecular weight excluding hydrogens is 359 g/mol. The van der Waals surface area contributed by atoms with Gasteiger partial charge in [-0.05, 0) is 52.2 Å². The maximum Gasteiger partial charge on any atom is 0.263 e. The molecule has 0 aliphatic rings. The normalized spacial score (nSPS) is 11.4. The number of nitrogen functional groups attached to an aromatic ring is 1. The van der Waals surface area contributed by atoms with Crippen molar-refractivity contribution in [1.82, 2.24) is 0 Å². The van der Waals surface area contributed by atoms with Crippen molar-refractivity contribution in [3.8, 4) is 0 Å². The molecule has 0 atom stereocenters. The summed E-state index contributed by atoms with van der Waals surface area (Å²) in [5.41, 5.74) is 6.97. The number of halogens is 2. The molecule has 0 amide bonds. The van der Waals surface area contributed by atoms with Gasteiger partial charge < -0.3 is 5.73 Å². The fraction of sp³-hybridized carbons (Fsp3) is 0.143. The van der Waals surface area contributed by atoms with Crippen molar-refractivity contribution >= 4 is 37.3 Å². The van der Waals surface area contributed by atoms with Crippen molar-refractivity contribution in [2.45, 2.75) is 18.2 Å². The Labute approximate surface area is 131 Å². The van der Waals surface area contributed by atoms with Gasteiger partial charge in [-0.1, -0.05) is 19.1 Å². The monoisotopic (exact) mass is 372 g/mol. The minimum atomic E-state index is -3.87.